The zero-order valence-electron chi connectivity index (χ0n) is 16.1. The Balaban J connectivity index is 1.41. The number of rotatable bonds is 5. The summed E-state index contributed by atoms with van der Waals surface area (Å²) in [5.41, 5.74) is 0.732. The fourth-order valence-electron chi connectivity index (χ4n) is 3.70. The van der Waals surface area contributed by atoms with Gasteiger partial charge in [0.25, 0.3) is 5.78 Å². The summed E-state index contributed by atoms with van der Waals surface area (Å²) in [6.45, 7) is 2.56. The topological polar surface area (TPSA) is 55.6 Å². The van der Waals surface area contributed by atoms with Gasteiger partial charge < -0.3 is 4.74 Å². The van der Waals surface area contributed by atoms with Gasteiger partial charge in [-0.05, 0) is 49.7 Å². The molecule has 30 heavy (non-hydrogen) atoms. The molecule has 0 aliphatic carbocycles. The van der Waals surface area contributed by atoms with Gasteiger partial charge in [-0.25, -0.2) is 4.98 Å². The summed E-state index contributed by atoms with van der Waals surface area (Å²) < 4.78 is 46.3. The minimum absolute atomic E-state index is 0.0191. The summed E-state index contributed by atoms with van der Waals surface area (Å²) in [4.78, 5) is 10.5. The fraction of sp³-hybridized carbons (Fsp3) is 0.381. The van der Waals surface area contributed by atoms with Gasteiger partial charge in [0.2, 0.25) is 0 Å². The lowest BCUT2D eigenvalue weighted by molar-refractivity contribution is -0.142. The van der Waals surface area contributed by atoms with Crippen LogP contribution in [0.5, 0.6) is 5.75 Å². The zero-order valence-corrected chi connectivity index (χ0v) is 16.1. The van der Waals surface area contributed by atoms with Gasteiger partial charge in [0.05, 0.1) is 0 Å². The summed E-state index contributed by atoms with van der Waals surface area (Å²) in [6.07, 6.45) is 3.23. The summed E-state index contributed by atoms with van der Waals surface area (Å²) in [6, 6.07) is 8.87. The number of ether oxygens (including phenoxy) is 1. The normalized spacial score (nSPS) is 15.9. The van der Waals surface area contributed by atoms with E-state index in [0.29, 0.717) is 5.69 Å². The Bertz CT molecular complexity index is 1050. The van der Waals surface area contributed by atoms with Gasteiger partial charge in [-0.1, -0.05) is 18.1 Å². The molecule has 3 aromatic rings. The van der Waals surface area contributed by atoms with Crippen molar-refractivity contribution in [2.75, 3.05) is 19.7 Å². The third-order valence-electron chi connectivity index (χ3n) is 5.22. The van der Waals surface area contributed by atoms with Gasteiger partial charge in [0.1, 0.15) is 18.7 Å². The molecule has 1 aliphatic heterocycles. The van der Waals surface area contributed by atoms with Crippen LogP contribution < -0.4 is 4.74 Å². The lowest BCUT2D eigenvalue weighted by atomic mass is 9.92. The van der Waals surface area contributed by atoms with E-state index in [9.17, 15) is 13.2 Å². The summed E-state index contributed by atoms with van der Waals surface area (Å²) in [5, 5.41) is 3.65. The highest BCUT2D eigenvalue weighted by molar-refractivity contribution is 5.33. The summed E-state index contributed by atoms with van der Waals surface area (Å²) >= 11 is 0. The maximum Gasteiger partial charge on any atom is 0.433 e. The number of alkyl halides is 3. The summed E-state index contributed by atoms with van der Waals surface area (Å²) in [5.74, 6) is 3.10. The molecular formula is C21H20F3N5O. The van der Waals surface area contributed by atoms with Crippen molar-refractivity contribution in [3.63, 3.8) is 0 Å². The van der Waals surface area contributed by atoms with E-state index in [0.717, 1.165) is 60.7 Å². The first-order valence-electron chi connectivity index (χ1n) is 9.59. The van der Waals surface area contributed by atoms with Crippen molar-refractivity contribution in [2.24, 2.45) is 0 Å². The van der Waals surface area contributed by atoms with Crippen LogP contribution in [0, 0.1) is 12.3 Å². The molecule has 9 heteroatoms. The largest absolute Gasteiger partial charge is 0.481 e. The van der Waals surface area contributed by atoms with E-state index in [-0.39, 0.29) is 18.3 Å². The Morgan fingerprint density at radius 2 is 1.90 bits per heavy atom. The van der Waals surface area contributed by atoms with Crippen LogP contribution in [0.4, 0.5) is 13.2 Å². The van der Waals surface area contributed by atoms with Crippen LogP contribution in [-0.4, -0.2) is 44.2 Å². The molecule has 0 radical (unpaired) electrons. The predicted octanol–water partition coefficient (Wildman–Crippen LogP) is 3.53. The summed E-state index contributed by atoms with van der Waals surface area (Å²) in [7, 11) is 0. The Labute approximate surface area is 171 Å². The van der Waals surface area contributed by atoms with Crippen LogP contribution in [0.15, 0.2) is 36.7 Å². The monoisotopic (exact) mass is 415 g/mol. The number of benzene rings is 1. The van der Waals surface area contributed by atoms with Crippen LogP contribution in [0.1, 0.15) is 35.7 Å². The van der Waals surface area contributed by atoms with E-state index in [1.807, 2.05) is 24.3 Å². The number of fused-ring (bicyclic) bond motifs is 1. The van der Waals surface area contributed by atoms with Gasteiger partial charge in [0.15, 0.2) is 5.69 Å². The fourth-order valence-corrected chi connectivity index (χ4v) is 3.70. The number of terminal acetylenes is 1. The SMILES string of the molecule is C#CCOc1ccc(CN2CCC(c3cc(C(F)(F)F)n4ncnc4n3)CC2)cc1. The first-order valence-corrected chi connectivity index (χ1v) is 9.59. The molecule has 0 unspecified atom stereocenters. The van der Waals surface area contributed by atoms with E-state index in [1.165, 1.54) is 0 Å². The van der Waals surface area contributed by atoms with Crippen molar-refractivity contribution in [3.05, 3.63) is 53.6 Å². The first-order chi connectivity index (χ1) is 14.4. The van der Waals surface area contributed by atoms with Crippen molar-refractivity contribution in [1.29, 1.82) is 0 Å². The molecule has 0 amide bonds. The third-order valence-corrected chi connectivity index (χ3v) is 5.22. The highest BCUT2D eigenvalue weighted by Crippen LogP contribution is 2.33. The molecule has 3 heterocycles. The molecule has 1 aromatic carbocycles. The molecule has 4 rings (SSSR count). The van der Waals surface area contributed by atoms with Crippen molar-refractivity contribution in [2.45, 2.75) is 31.5 Å². The molecular weight excluding hydrogens is 395 g/mol. The number of piperidine rings is 1. The molecule has 0 atom stereocenters. The number of halogens is 3. The van der Waals surface area contributed by atoms with E-state index in [2.05, 4.69) is 25.9 Å². The van der Waals surface area contributed by atoms with Crippen LogP contribution in [0.2, 0.25) is 0 Å². The van der Waals surface area contributed by atoms with Gasteiger partial charge in [-0.3, -0.25) is 4.90 Å². The second-order valence-electron chi connectivity index (χ2n) is 7.22. The Hall–Kier alpha value is -3.12. The van der Waals surface area contributed by atoms with Gasteiger partial charge in [-0.15, -0.1) is 6.42 Å². The lowest BCUT2D eigenvalue weighted by Gasteiger charge is -2.32. The van der Waals surface area contributed by atoms with Crippen molar-refractivity contribution in [1.82, 2.24) is 24.5 Å². The first kappa shape index (κ1) is 20.2. The predicted molar refractivity (Wildman–Crippen MR) is 104 cm³/mol. The molecule has 1 saturated heterocycles. The van der Waals surface area contributed by atoms with E-state index >= 15 is 0 Å². The second-order valence-corrected chi connectivity index (χ2v) is 7.22. The smallest absolute Gasteiger partial charge is 0.433 e. The molecule has 1 aliphatic rings. The van der Waals surface area contributed by atoms with Crippen LogP contribution >= 0.6 is 0 Å². The van der Waals surface area contributed by atoms with Crippen molar-refractivity contribution < 1.29 is 17.9 Å². The highest BCUT2D eigenvalue weighted by Gasteiger charge is 2.36. The standard InChI is InChI=1S/C21H20F3N5O/c1-2-11-30-17-5-3-15(4-6-17)13-28-9-7-16(8-10-28)18-12-19(21(22,23)24)29-20(27-18)25-14-26-29/h1,3-6,12,14,16H,7-11,13H2. The quantitative estimate of drug-likeness (QED) is 0.597. The molecule has 1 fully saturated rings. The Kier molecular flexibility index (Phi) is 5.59. The highest BCUT2D eigenvalue weighted by atomic mass is 19.4. The minimum atomic E-state index is -4.51. The lowest BCUT2D eigenvalue weighted by Crippen LogP contribution is -2.33. The molecule has 0 bridgehead atoms. The minimum Gasteiger partial charge on any atom is -0.481 e. The van der Waals surface area contributed by atoms with E-state index < -0.39 is 11.9 Å². The molecule has 0 spiro atoms. The van der Waals surface area contributed by atoms with Crippen LogP contribution in [0.3, 0.4) is 0 Å². The Morgan fingerprint density at radius 1 is 1.17 bits per heavy atom. The maximum atomic E-state index is 13.4. The molecule has 6 nitrogen and oxygen atoms in total. The van der Waals surface area contributed by atoms with Gasteiger partial charge in [-0.2, -0.15) is 27.8 Å². The number of nitrogens with zero attached hydrogens (tertiary/aromatic N) is 5. The Morgan fingerprint density at radius 3 is 2.57 bits per heavy atom. The number of aromatic nitrogens is 4. The van der Waals surface area contributed by atoms with Crippen molar-refractivity contribution >= 4 is 5.78 Å². The van der Waals surface area contributed by atoms with Crippen molar-refractivity contribution in [3.8, 4) is 18.1 Å². The van der Waals surface area contributed by atoms with E-state index in [4.69, 9.17) is 11.2 Å². The van der Waals surface area contributed by atoms with Gasteiger partial charge in [0, 0.05) is 18.2 Å². The zero-order chi connectivity index (χ0) is 21.1. The molecule has 0 N–H and O–H groups in total. The number of likely N-dealkylation sites (tertiary alicyclic amines) is 1. The molecule has 0 saturated carbocycles. The third kappa shape index (κ3) is 4.39. The average Bonchev–Trinajstić information content (AvgIpc) is 3.21. The van der Waals surface area contributed by atoms with E-state index in [1.54, 1.807) is 0 Å². The number of hydrogen-bond acceptors (Lipinski definition) is 5. The maximum absolute atomic E-state index is 13.4. The molecule has 2 aromatic heterocycles. The average molecular weight is 415 g/mol. The molecule has 156 valence electrons. The van der Waals surface area contributed by atoms with Crippen LogP contribution in [-0.2, 0) is 12.7 Å². The second kappa shape index (κ2) is 8.32. The van der Waals surface area contributed by atoms with Crippen LogP contribution in [0.25, 0.3) is 5.78 Å². The number of hydrogen-bond donors (Lipinski definition) is 0. The van der Waals surface area contributed by atoms with Gasteiger partial charge >= 0.3 is 6.18 Å².